The monoisotopic (exact) mass is 567 g/mol. The number of allylic oxidation sites excluding steroid dienone is 2. The number of rotatable bonds is 28. The van der Waals surface area contributed by atoms with Crippen molar-refractivity contribution in [2.45, 2.75) is 174 Å². The van der Waals surface area contributed by atoms with E-state index in [4.69, 9.17) is 0 Å². The second-order valence-electron chi connectivity index (χ2n) is 11.5. The lowest BCUT2D eigenvalue weighted by Crippen LogP contribution is -2.73. The first-order valence-corrected chi connectivity index (χ1v) is 16.4. The molecule has 0 radical (unpaired) electrons. The molecule has 7 heteroatoms. The fourth-order valence-electron chi connectivity index (χ4n) is 6.43. The Labute approximate surface area is 245 Å². The van der Waals surface area contributed by atoms with Crippen molar-refractivity contribution < 1.29 is 34.2 Å². The Bertz CT molecular complexity index is 652. The van der Waals surface area contributed by atoms with E-state index in [1.807, 2.05) is 0 Å². The van der Waals surface area contributed by atoms with Gasteiger partial charge in [-0.25, -0.2) is 9.59 Å². The van der Waals surface area contributed by atoms with Crippen LogP contribution in [-0.2, 0) is 14.4 Å². The van der Waals surface area contributed by atoms with Crippen LogP contribution in [0.1, 0.15) is 156 Å². The molecule has 0 heterocycles. The molecule has 0 rings (SSSR count). The molecule has 0 aromatic heterocycles. The SMILES string of the molecule is CCCCCCCCCCCC/C=C\CCCCCCC[N+](C(CC)C(=O)[O-])(C(CC)C(=O)O)C(CC)C(=O)O. The fourth-order valence-corrected chi connectivity index (χ4v) is 6.43. The number of unbranched alkanes of at least 4 members (excludes halogenated alkanes) is 15. The minimum absolute atomic E-state index is 0.126. The smallest absolute Gasteiger partial charge is 0.362 e. The predicted molar refractivity (Wildman–Crippen MR) is 161 cm³/mol. The first-order chi connectivity index (χ1) is 19.2. The summed E-state index contributed by atoms with van der Waals surface area (Å²) >= 11 is 0. The Balaban J connectivity index is 4.55. The predicted octanol–water partition coefficient (Wildman–Crippen LogP) is 7.27. The zero-order valence-electron chi connectivity index (χ0n) is 26.2. The molecule has 0 aliphatic heterocycles. The van der Waals surface area contributed by atoms with Crippen LogP contribution in [0.4, 0.5) is 0 Å². The number of aliphatic carboxylic acids is 3. The zero-order valence-corrected chi connectivity index (χ0v) is 26.2. The highest BCUT2D eigenvalue weighted by molar-refractivity contribution is 5.77. The maximum absolute atomic E-state index is 12.2. The second kappa shape index (κ2) is 23.8. The third-order valence-corrected chi connectivity index (χ3v) is 8.55. The molecule has 0 amide bonds. The number of carbonyl (C=O) groups is 3. The van der Waals surface area contributed by atoms with Crippen molar-refractivity contribution in [2.75, 3.05) is 6.54 Å². The van der Waals surface area contributed by atoms with E-state index < -0.39 is 40.5 Å². The molecule has 3 unspecified atom stereocenters. The number of nitrogens with zero attached hydrogens (tertiary/aromatic N) is 1. The molecular formula is C33H61NO6. The molecule has 234 valence electrons. The lowest BCUT2D eigenvalue weighted by Gasteiger charge is -2.51. The molecule has 0 aromatic carbocycles. The van der Waals surface area contributed by atoms with Crippen LogP contribution in [0.5, 0.6) is 0 Å². The van der Waals surface area contributed by atoms with Gasteiger partial charge >= 0.3 is 11.9 Å². The summed E-state index contributed by atoms with van der Waals surface area (Å²) in [5.41, 5.74) is 0. The van der Waals surface area contributed by atoms with E-state index in [-0.39, 0.29) is 25.8 Å². The van der Waals surface area contributed by atoms with Gasteiger partial charge in [-0.3, -0.25) is 4.48 Å². The van der Waals surface area contributed by atoms with E-state index in [1.165, 1.54) is 64.2 Å². The summed E-state index contributed by atoms with van der Waals surface area (Å²) in [6.45, 7) is 7.51. The Kier molecular flexibility index (Phi) is 22.7. The van der Waals surface area contributed by atoms with Crippen molar-refractivity contribution in [1.29, 1.82) is 0 Å². The van der Waals surface area contributed by atoms with E-state index in [2.05, 4.69) is 19.1 Å². The summed E-state index contributed by atoms with van der Waals surface area (Å²) in [6, 6.07) is -3.39. The van der Waals surface area contributed by atoms with Gasteiger partial charge in [0.15, 0.2) is 12.1 Å². The number of carbonyl (C=O) groups excluding carboxylic acids is 1. The maximum atomic E-state index is 12.2. The van der Waals surface area contributed by atoms with Crippen LogP contribution >= 0.6 is 0 Å². The molecule has 7 nitrogen and oxygen atoms in total. The molecule has 0 saturated carbocycles. The summed E-state index contributed by atoms with van der Waals surface area (Å²) < 4.78 is -0.474. The fraction of sp³-hybridized carbons (Fsp3) is 0.848. The van der Waals surface area contributed by atoms with Gasteiger partial charge in [0.25, 0.3) is 0 Å². The topological polar surface area (TPSA) is 115 Å². The third kappa shape index (κ3) is 14.1. The highest BCUT2D eigenvalue weighted by Gasteiger charge is 2.53. The summed E-state index contributed by atoms with van der Waals surface area (Å²) in [6.07, 6.45) is 25.3. The van der Waals surface area contributed by atoms with Gasteiger partial charge in [-0.05, 0) is 38.5 Å². The molecule has 40 heavy (non-hydrogen) atoms. The van der Waals surface area contributed by atoms with Crippen molar-refractivity contribution in [3.63, 3.8) is 0 Å². The lowest BCUT2D eigenvalue weighted by molar-refractivity contribution is -0.974. The van der Waals surface area contributed by atoms with Gasteiger partial charge in [0.05, 0.1) is 12.5 Å². The van der Waals surface area contributed by atoms with Crippen LogP contribution in [0.25, 0.3) is 0 Å². The highest BCUT2D eigenvalue weighted by Crippen LogP contribution is 2.32. The van der Waals surface area contributed by atoms with Crippen molar-refractivity contribution in [3.8, 4) is 0 Å². The highest BCUT2D eigenvalue weighted by atomic mass is 16.4. The molecule has 0 saturated heterocycles. The zero-order chi connectivity index (χ0) is 30.2. The average molecular weight is 568 g/mol. The Hall–Kier alpha value is -1.89. The van der Waals surface area contributed by atoms with Crippen LogP contribution in [0.2, 0.25) is 0 Å². The summed E-state index contributed by atoms with van der Waals surface area (Å²) in [5.74, 6) is -3.66. The molecule has 0 fully saturated rings. The van der Waals surface area contributed by atoms with Crippen LogP contribution in [0.15, 0.2) is 12.2 Å². The Morgan fingerprint density at radius 3 is 1.25 bits per heavy atom. The number of quaternary nitrogens is 1. The summed E-state index contributed by atoms with van der Waals surface area (Å²) in [4.78, 5) is 36.6. The van der Waals surface area contributed by atoms with Gasteiger partial charge in [-0.15, -0.1) is 0 Å². The largest absolute Gasteiger partial charge is 0.544 e. The van der Waals surface area contributed by atoms with Gasteiger partial charge < -0.3 is 20.1 Å². The van der Waals surface area contributed by atoms with E-state index in [0.717, 1.165) is 38.5 Å². The standard InChI is InChI=1S/C33H61NO6/c1-5-9-10-11-12-13-14-15-16-17-18-19-20-21-22-23-24-25-26-27-34(28(6-2)31(35)36,29(7-3)32(37)38)30(8-4)33(39)40/h19-20,28-30H,5-18,21-27H2,1-4H3,(H2-,35,36,37,38,39,40)/b20-19-. The quantitative estimate of drug-likeness (QED) is 0.0584. The third-order valence-electron chi connectivity index (χ3n) is 8.55. The van der Waals surface area contributed by atoms with Crippen LogP contribution in [0, 0.1) is 0 Å². The van der Waals surface area contributed by atoms with Gasteiger partial charge in [0, 0.05) is 19.3 Å². The van der Waals surface area contributed by atoms with Crippen molar-refractivity contribution in [2.24, 2.45) is 0 Å². The van der Waals surface area contributed by atoms with E-state index in [9.17, 15) is 29.7 Å². The van der Waals surface area contributed by atoms with Gasteiger partial charge in [0.2, 0.25) is 0 Å². The maximum Gasteiger partial charge on any atom is 0.362 e. The van der Waals surface area contributed by atoms with Gasteiger partial charge in [-0.1, -0.05) is 110 Å². The number of hydrogen-bond acceptors (Lipinski definition) is 4. The molecule has 0 bridgehead atoms. The second-order valence-corrected chi connectivity index (χ2v) is 11.5. The van der Waals surface area contributed by atoms with E-state index in [0.29, 0.717) is 6.42 Å². The first-order valence-electron chi connectivity index (χ1n) is 16.4. The van der Waals surface area contributed by atoms with Gasteiger partial charge in [0.1, 0.15) is 6.04 Å². The molecule has 3 atom stereocenters. The average Bonchev–Trinajstić information content (AvgIpc) is 2.90. The van der Waals surface area contributed by atoms with Crippen molar-refractivity contribution in [3.05, 3.63) is 12.2 Å². The molecular weight excluding hydrogens is 506 g/mol. The summed E-state index contributed by atoms with van der Waals surface area (Å²) in [5, 5.41) is 32.1. The minimum Gasteiger partial charge on any atom is -0.544 e. The van der Waals surface area contributed by atoms with Crippen LogP contribution < -0.4 is 5.11 Å². The minimum atomic E-state index is -1.37. The van der Waals surface area contributed by atoms with Crippen LogP contribution in [0.3, 0.4) is 0 Å². The lowest BCUT2D eigenvalue weighted by atomic mass is 9.94. The van der Waals surface area contributed by atoms with E-state index in [1.54, 1.807) is 20.8 Å². The molecule has 0 aliphatic rings. The van der Waals surface area contributed by atoms with Gasteiger partial charge in [-0.2, -0.15) is 0 Å². The van der Waals surface area contributed by atoms with Crippen molar-refractivity contribution >= 4 is 17.9 Å². The molecule has 0 aromatic rings. The number of carboxylic acid groups (broad SMARTS) is 3. The normalized spacial score (nSPS) is 15.5. The summed E-state index contributed by atoms with van der Waals surface area (Å²) in [7, 11) is 0. The molecule has 0 aliphatic carbocycles. The first kappa shape index (κ1) is 38.1. The molecule has 2 N–H and O–H groups in total. The Morgan fingerprint density at radius 1 is 0.575 bits per heavy atom. The van der Waals surface area contributed by atoms with Crippen molar-refractivity contribution in [1.82, 2.24) is 0 Å². The van der Waals surface area contributed by atoms with E-state index >= 15 is 0 Å². The number of carboxylic acids is 3. The Morgan fingerprint density at radius 2 is 0.925 bits per heavy atom. The van der Waals surface area contributed by atoms with Crippen LogP contribution in [-0.4, -0.2) is 57.3 Å². The molecule has 0 spiro atoms. The number of hydrogen-bond donors (Lipinski definition) is 2.